The zero-order chi connectivity index (χ0) is 22.6. The number of ether oxygens (including phenoxy) is 1. The average molecular weight is 442 g/mol. The summed E-state index contributed by atoms with van der Waals surface area (Å²) in [7, 11) is 0. The van der Waals surface area contributed by atoms with Crippen LogP contribution in [-0.4, -0.2) is 66.8 Å². The second-order valence-electron chi connectivity index (χ2n) is 7.85. The van der Waals surface area contributed by atoms with E-state index in [0.29, 0.717) is 5.75 Å². The Balaban J connectivity index is 2.21. The monoisotopic (exact) mass is 442 g/mol. The molecule has 166 valence electrons. The molecule has 0 aromatic carbocycles. The predicted molar refractivity (Wildman–Crippen MR) is 109 cm³/mol. The molecule has 1 aliphatic heterocycles. The molecular formula is C18H26N4O7S. The first kappa shape index (κ1) is 23.5. The fraction of sp³-hybridized carbons (Fsp3) is 0.611. The molecule has 0 aliphatic carbocycles. The molecule has 0 bridgehead atoms. The van der Waals surface area contributed by atoms with Crippen molar-refractivity contribution in [2.24, 2.45) is 0 Å². The highest BCUT2D eigenvalue weighted by atomic mass is 32.2. The predicted octanol–water partition coefficient (Wildman–Crippen LogP) is 0.115. The normalized spacial score (nSPS) is 19.3. The number of hydrogen-bond acceptors (Lipinski definition) is 7. The van der Waals surface area contributed by atoms with Crippen molar-refractivity contribution in [3.63, 3.8) is 0 Å². The van der Waals surface area contributed by atoms with E-state index >= 15 is 0 Å². The summed E-state index contributed by atoms with van der Waals surface area (Å²) in [5.74, 6) is -1.30. The Kier molecular flexibility index (Phi) is 7.34. The minimum Gasteiger partial charge on any atom is -0.480 e. The highest BCUT2D eigenvalue weighted by Crippen LogP contribution is 2.28. The molecule has 1 aromatic heterocycles. The summed E-state index contributed by atoms with van der Waals surface area (Å²) in [5.41, 5.74) is -1.78. The van der Waals surface area contributed by atoms with Gasteiger partial charge in [0.2, 0.25) is 5.91 Å². The van der Waals surface area contributed by atoms with E-state index in [1.807, 2.05) is 0 Å². The molecule has 2 unspecified atom stereocenters. The van der Waals surface area contributed by atoms with Crippen molar-refractivity contribution >= 4 is 29.7 Å². The van der Waals surface area contributed by atoms with Crippen LogP contribution in [0.3, 0.4) is 0 Å². The van der Waals surface area contributed by atoms with Crippen LogP contribution in [0.4, 0.5) is 4.79 Å². The molecule has 1 saturated heterocycles. The van der Waals surface area contributed by atoms with E-state index in [1.165, 1.54) is 29.8 Å². The third-order valence-corrected chi connectivity index (χ3v) is 5.49. The van der Waals surface area contributed by atoms with Crippen LogP contribution < -0.4 is 16.6 Å². The number of carboxylic acid groups (broad SMARTS) is 1. The van der Waals surface area contributed by atoms with Gasteiger partial charge in [-0.2, -0.15) is 0 Å². The standard InChI is InChI=1S/C18H26N4O7S/c1-10-8-21(16(27)20-14(10)24)9-12(23)22-11(15(25)26)5-6-30-13(22)7-19-17(28)29-18(2,3)4/h8,11,13H,5-7,9H2,1-4H3,(H,19,28)(H,25,26)(H,20,24,27). The summed E-state index contributed by atoms with van der Waals surface area (Å²) in [6.45, 7) is 6.16. The molecule has 0 saturated carbocycles. The number of nitrogens with zero attached hydrogens (tertiary/aromatic N) is 2. The number of aryl methyl sites for hydroxylation is 1. The number of nitrogens with one attached hydrogen (secondary N) is 2. The van der Waals surface area contributed by atoms with Crippen LogP contribution >= 0.6 is 11.8 Å². The van der Waals surface area contributed by atoms with Crippen LogP contribution in [0.25, 0.3) is 0 Å². The molecule has 2 amide bonds. The van der Waals surface area contributed by atoms with Gasteiger partial charge in [0, 0.05) is 11.8 Å². The van der Waals surface area contributed by atoms with Gasteiger partial charge in [-0.1, -0.05) is 0 Å². The van der Waals surface area contributed by atoms with E-state index < -0.39 is 52.8 Å². The minimum absolute atomic E-state index is 0.0192. The Hall–Kier alpha value is -2.76. The lowest BCUT2D eigenvalue weighted by Crippen LogP contribution is -2.57. The van der Waals surface area contributed by atoms with E-state index in [4.69, 9.17) is 4.74 Å². The van der Waals surface area contributed by atoms with Crippen molar-refractivity contribution in [3.05, 3.63) is 32.6 Å². The molecule has 30 heavy (non-hydrogen) atoms. The lowest BCUT2D eigenvalue weighted by Gasteiger charge is -2.39. The van der Waals surface area contributed by atoms with Gasteiger partial charge in [0.15, 0.2) is 0 Å². The molecule has 2 heterocycles. The SMILES string of the molecule is Cc1cn(CC(=O)N2C(CNC(=O)OC(C)(C)C)SCCC2C(=O)O)c(=O)[nH]c1=O. The average Bonchev–Trinajstić information content (AvgIpc) is 2.62. The molecule has 12 heteroatoms. The number of aromatic nitrogens is 2. The number of hydrogen-bond donors (Lipinski definition) is 3. The van der Waals surface area contributed by atoms with E-state index in [1.54, 1.807) is 20.8 Å². The van der Waals surface area contributed by atoms with Crippen molar-refractivity contribution in [2.45, 2.75) is 57.7 Å². The number of carbonyl (C=O) groups excluding carboxylic acids is 2. The van der Waals surface area contributed by atoms with Crippen LogP contribution in [0.2, 0.25) is 0 Å². The first-order chi connectivity index (χ1) is 13.9. The fourth-order valence-corrected chi connectivity index (χ4v) is 4.18. The van der Waals surface area contributed by atoms with Crippen molar-refractivity contribution < 1.29 is 24.2 Å². The topological polar surface area (TPSA) is 151 Å². The van der Waals surface area contributed by atoms with Crippen molar-refractivity contribution in [1.29, 1.82) is 0 Å². The highest BCUT2D eigenvalue weighted by Gasteiger charge is 2.39. The second-order valence-corrected chi connectivity index (χ2v) is 9.14. The Morgan fingerprint density at radius 2 is 2.00 bits per heavy atom. The summed E-state index contributed by atoms with van der Waals surface area (Å²) in [4.78, 5) is 63.4. The molecule has 0 radical (unpaired) electrons. The third-order valence-electron chi connectivity index (χ3n) is 4.24. The van der Waals surface area contributed by atoms with Crippen LogP contribution in [0.1, 0.15) is 32.8 Å². The van der Waals surface area contributed by atoms with E-state index in [0.717, 1.165) is 4.57 Å². The zero-order valence-corrected chi connectivity index (χ0v) is 18.1. The summed E-state index contributed by atoms with van der Waals surface area (Å²) < 4.78 is 6.20. The van der Waals surface area contributed by atoms with Gasteiger partial charge in [-0.25, -0.2) is 14.4 Å². The number of H-pyrrole nitrogens is 1. The van der Waals surface area contributed by atoms with Gasteiger partial charge in [0.05, 0.1) is 11.9 Å². The molecule has 3 N–H and O–H groups in total. The fourth-order valence-electron chi connectivity index (χ4n) is 2.92. The number of aromatic amines is 1. The van der Waals surface area contributed by atoms with Crippen molar-refractivity contribution in [1.82, 2.24) is 19.8 Å². The van der Waals surface area contributed by atoms with E-state index in [-0.39, 0.29) is 18.5 Å². The number of thioether (sulfide) groups is 1. The van der Waals surface area contributed by atoms with Crippen LogP contribution in [0, 0.1) is 6.92 Å². The van der Waals surface area contributed by atoms with Gasteiger partial charge < -0.3 is 20.1 Å². The minimum atomic E-state index is -1.17. The van der Waals surface area contributed by atoms with Gasteiger partial charge in [-0.05, 0) is 39.9 Å². The molecule has 2 atom stereocenters. The van der Waals surface area contributed by atoms with Crippen LogP contribution in [0.5, 0.6) is 0 Å². The highest BCUT2D eigenvalue weighted by molar-refractivity contribution is 7.99. The Bertz CT molecular complexity index is 934. The second kappa shape index (κ2) is 9.37. The maximum Gasteiger partial charge on any atom is 0.407 e. The summed E-state index contributed by atoms with van der Waals surface area (Å²) >= 11 is 1.33. The van der Waals surface area contributed by atoms with Gasteiger partial charge in [0.25, 0.3) is 5.56 Å². The Labute approximate surface area is 176 Å². The van der Waals surface area contributed by atoms with E-state index in [9.17, 15) is 29.1 Å². The number of aliphatic carboxylic acids is 1. The van der Waals surface area contributed by atoms with Crippen LogP contribution in [-0.2, 0) is 20.9 Å². The zero-order valence-electron chi connectivity index (χ0n) is 17.3. The molecule has 2 rings (SSSR count). The number of amides is 2. The van der Waals surface area contributed by atoms with Crippen LogP contribution in [0.15, 0.2) is 15.8 Å². The molecular weight excluding hydrogens is 416 g/mol. The molecule has 1 aromatic rings. The number of rotatable bonds is 5. The largest absolute Gasteiger partial charge is 0.480 e. The lowest BCUT2D eigenvalue weighted by molar-refractivity contribution is -0.151. The van der Waals surface area contributed by atoms with Gasteiger partial charge in [-0.15, -0.1) is 11.8 Å². The molecule has 0 spiro atoms. The smallest absolute Gasteiger partial charge is 0.407 e. The maximum atomic E-state index is 13.0. The summed E-state index contributed by atoms with van der Waals surface area (Å²) in [6.07, 6.45) is 0.800. The first-order valence-corrected chi connectivity index (χ1v) is 10.4. The molecule has 11 nitrogen and oxygen atoms in total. The van der Waals surface area contributed by atoms with Gasteiger partial charge in [-0.3, -0.25) is 19.1 Å². The quantitative estimate of drug-likeness (QED) is 0.581. The molecule has 1 aliphatic rings. The number of alkyl carbamates (subject to hydrolysis) is 1. The van der Waals surface area contributed by atoms with Gasteiger partial charge in [0.1, 0.15) is 18.2 Å². The Morgan fingerprint density at radius 1 is 1.33 bits per heavy atom. The number of carboxylic acids is 1. The first-order valence-electron chi connectivity index (χ1n) is 9.32. The maximum absolute atomic E-state index is 13.0. The summed E-state index contributed by atoms with van der Waals surface area (Å²) in [6, 6.07) is -1.09. The third kappa shape index (κ3) is 6.12. The Morgan fingerprint density at radius 3 is 2.60 bits per heavy atom. The van der Waals surface area contributed by atoms with Gasteiger partial charge >= 0.3 is 17.8 Å². The van der Waals surface area contributed by atoms with Crippen molar-refractivity contribution in [3.8, 4) is 0 Å². The lowest BCUT2D eigenvalue weighted by atomic mass is 10.1. The molecule has 1 fully saturated rings. The summed E-state index contributed by atoms with van der Waals surface area (Å²) in [5, 5.41) is 11.5. The van der Waals surface area contributed by atoms with E-state index in [2.05, 4.69) is 10.3 Å². The number of carbonyl (C=O) groups is 3. The van der Waals surface area contributed by atoms with Crippen molar-refractivity contribution in [2.75, 3.05) is 12.3 Å².